The van der Waals surface area contributed by atoms with E-state index in [1.54, 1.807) is 12.1 Å². The minimum absolute atomic E-state index is 0.285. The van der Waals surface area contributed by atoms with Crippen LogP contribution < -0.4 is 5.32 Å². The van der Waals surface area contributed by atoms with Crippen molar-refractivity contribution in [1.82, 2.24) is 24.9 Å². The number of nitrogens with zero attached hydrogens (tertiary/aromatic N) is 3. The number of pyridine rings is 1. The summed E-state index contributed by atoms with van der Waals surface area (Å²) in [6.07, 6.45) is 1.85. The number of carbonyl (C=O) groups is 1. The monoisotopic (exact) mass is 323 g/mol. The summed E-state index contributed by atoms with van der Waals surface area (Å²) in [7, 11) is 0. The number of hydrogen-bond donors (Lipinski definition) is 2. The fourth-order valence-electron chi connectivity index (χ4n) is 2.72. The Bertz CT molecular complexity index is 1050. The van der Waals surface area contributed by atoms with Crippen molar-refractivity contribution < 1.29 is 9.18 Å². The van der Waals surface area contributed by atoms with Gasteiger partial charge in [-0.25, -0.2) is 4.39 Å². The van der Waals surface area contributed by atoms with Gasteiger partial charge in [-0.3, -0.25) is 9.20 Å². The first-order chi connectivity index (χ1) is 11.6. The van der Waals surface area contributed by atoms with E-state index >= 15 is 0 Å². The van der Waals surface area contributed by atoms with E-state index in [0.29, 0.717) is 22.4 Å². The van der Waals surface area contributed by atoms with E-state index in [0.717, 1.165) is 5.65 Å². The molecule has 4 rings (SSSR count). The summed E-state index contributed by atoms with van der Waals surface area (Å²) < 4.78 is 15.1. The lowest BCUT2D eigenvalue weighted by Gasteiger charge is -2.11. The van der Waals surface area contributed by atoms with Gasteiger partial charge in [0.2, 0.25) is 0 Å². The number of benzene rings is 1. The number of nitrogens with one attached hydrogen (secondary N) is 2. The Balaban J connectivity index is 1.60. The first kappa shape index (κ1) is 14.4. The van der Waals surface area contributed by atoms with Crippen molar-refractivity contribution in [2.75, 3.05) is 0 Å². The first-order valence-electron chi connectivity index (χ1n) is 7.50. The second-order valence-corrected chi connectivity index (χ2v) is 5.60. The lowest BCUT2D eigenvalue weighted by Crippen LogP contribution is -2.28. The molecule has 0 saturated heterocycles. The number of rotatable bonds is 3. The molecule has 1 aromatic carbocycles. The van der Waals surface area contributed by atoms with Crippen LogP contribution in [0, 0.1) is 5.82 Å². The topological polar surface area (TPSA) is 75.1 Å². The summed E-state index contributed by atoms with van der Waals surface area (Å²) in [6.45, 7) is 1.84. The third-order valence-corrected chi connectivity index (χ3v) is 3.90. The summed E-state index contributed by atoms with van der Waals surface area (Å²) in [5, 5.41) is 11.7. The molecule has 0 bridgehead atoms. The molecular weight excluding hydrogens is 309 g/mol. The molecular formula is C17H14FN5O. The van der Waals surface area contributed by atoms with Crippen LogP contribution in [0.4, 0.5) is 4.39 Å². The number of aromatic amines is 1. The molecule has 3 aromatic heterocycles. The molecule has 0 aliphatic rings. The van der Waals surface area contributed by atoms with E-state index in [-0.39, 0.29) is 17.8 Å². The summed E-state index contributed by atoms with van der Waals surface area (Å²) in [5.41, 5.74) is 1.80. The van der Waals surface area contributed by atoms with Crippen molar-refractivity contribution in [3.8, 4) is 0 Å². The minimum atomic E-state index is -0.336. The lowest BCUT2D eigenvalue weighted by atomic mass is 10.2. The third-order valence-electron chi connectivity index (χ3n) is 3.90. The molecule has 3 heterocycles. The molecule has 0 saturated carbocycles. The van der Waals surface area contributed by atoms with Crippen LogP contribution in [-0.2, 0) is 0 Å². The molecule has 1 unspecified atom stereocenters. The summed E-state index contributed by atoms with van der Waals surface area (Å²) in [5.74, 6) is 0.0182. The van der Waals surface area contributed by atoms with E-state index in [1.165, 1.54) is 12.1 Å². The van der Waals surface area contributed by atoms with E-state index < -0.39 is 0 Å². The van der Waals surface area contributed by atoms with Gasteiger partial charge in [0.15, 0.2) is 11.5 Å². The molecule has 2 N–H and O–H groups in total. The van der Waals surface area contributed by atoms with Gasteiger partial charge in [0.1, 0.15) is 11.5 Å². The Labute approximate surface area is 136 Å². The number of fused-ring (bicyclic) bond motifs is 2. The maximum Gasteiger partial charge on any atom is 0.268 e. The van der Waals surface area contributed by atoms with Gasteiger partial charge in [0.05, 0.1) is 6.04 Å². The van der Waals surface area contributed by atoms with Gasteiger partial charge in [-0.05, 0) is 43.3 Å². The van der Waals surface area contributed by atoms with Crippen LogP contribution in [-0.4, -0.2) is 25.5 Å². The summed E-state index contributed by atoms with van der Waals surface area (Å²) in [4.78, 5) is 15.4. The van der Waals surface area contributed by atoms with Crippen LogP contribution in [0.25, 0.3) is 16.6 Å². The lowest BCUT2D eigenvalue weighted by molar-refractivity contribution is 0.0934. The Morgan fingerprint density at radius 3 is 3.00 bits per heavy atom. The van der Waals surface area contributed by atoms with E-state index in [9.17, 15) is 9.18 Å². The van der Waals surface area contributed by atoms with Gasteiger partial charge in [-0.2, -0.15) is 0 Å². The first-order valence-corrected chi connectivity index (χ1v) is 7.50. The Kier molecular flexibility index (Phi) is 3.26. The predicted octanol–water partition coefficient (Wildman–Crippen LogP) is 2.84. The zero-order chi connectivity index (χ0) is 16.7. The van der Waals surface area contributed by atoms with Crippen LogP contribution >= 0.6 is 0 Å². The van der Waals surface area contributed by atoms with Gasteiger partial charge in [-0.1, -0.05) is 6.07 Å². The number of aromatic nitrogens is 4. The third kappa shape index (κ3) is 2.40. The van der Waals surface area contributed by atoms with Crippen LogP contribution in [0.3, 0.4) is 0 Å². The molecule has 0 aliphatic carbocycles. The standard InChI is InChI=1S/C17H14FN5O/c1-10(16-22-21-15-4-2-3-7-23(15)16)19-17(24)14-9-11-8-12(18)5-6-13(11)20-14/h2-10,20H,1H3,(H,19,24). The molecule has 0 aliphatic heterocycles. The van der Waals surface area contributed by atoms with E-state index in [1.807, 2.05) is 35.7 Å². The number of halogens is 1. The van der Waals surface area contributed by atoms with E-state index in [2.05, 4.69) is 20.5 Å². The van der Waals surface area contributed by atoms with Gasteiger partial charge in [0, 0.05) is 17.1 Å². The van der Waals surface area contributed by atoms with Gasteiger partial charge >= 0.3 is 0 Å². The van der Waals surface area contributed by atoms with Crippen molar-refractivity contribution >= 4 is 22.5 Å². The summed E-state index contributed by atoms with van der Waals surface area (Å²) >= 11 is 0. The van der Waals surface area contributed by atoms with E-state index in [4.69, 9.17) is 0 Å². The molecule has 1 atom stereocenters. The highest BCUT2D eigenvalue weighted by molar-refractivity contribution is 5.98. The average molecular weight is 323 g/mol. The van der Waals surface area contributed by atoms with Crippen molar-refractivity contribution in [2.24, 2.45) is 0 Å². The van der Waals surface area contributed by atoms with Crippen molar-refractivity contribution in [3.05, 3.63) is 66.0 Å². The zero-order valence-corrected chi connectivity index (χ0v) is 12.8. The van der Waals surface area contributed by atoms with Crippen LogP contribution in [0.2, 0.25) is 0 Å². The average Bonchev–Trinajstić information content (AvgIpc) is 3.18. The Morgan fingerprint density at radius 1 is 1.25 bits per heavy atom. The molecule has 6 nitrogen and oxygen atoms in total. The second-order valence-electron chi connectivity index (χ2n) is 5.60. The normalized spacial score (nSPS) is 12.6. The van der Waals surface area contributed by atoms with Gasteiger partial charge < -0.3 is 10.3 Å². The Hall–Kier alpha value is -3.22. The number of carbonyl (C=O) groups excluding carboxylic acids is 1. The summed E-state index contributed by atoms with van der Waals surface area (Å²) in [6, 6.07) is 11.2. The fourth-order valence-corrected chi connectivity index (χ4v) is 2.72. The van der Waals surface area contributed by atoms with Crippen molar-refractivity contribution in [3.63, 3.8) is 0 Å². The van der Waals surface area contributed by atoms with Gasteiger partial charge in [-0.15, -0.1) is 10.2 Å². The van der Waals surface area contributed by atoms with Crippen LogP contribution in [0.1, 0.15) is 29.3 Å². The maximum atomic E-state index is 13.3. The molecule has 1 amide bonds. The van der Waals surface area contributed by atoms with Crippen molar-refractivity contribution in [1.29, 1.82) is 0 Å². The van der Waals surface area contributed by atoms with Crippen LogP contribution in [0.15, 0.2) is 48.7 Å². The zero-order valence-electron chi connectivity index (χ0n) is 12.8. The SMILES string of the molecule is CC(NC(=O)c1cc2cc(F)ccc2[nH]1)c1nnc2ccccn12. The molecule has 7 heteroatoms. The fraction of sp³-hybridized carbons (Fsp3) is 0.118. The second kappa shape index (κ2) is 5.45. The van der Waals surface area contributed by atoms with Gasteiger partial charge in [0.25, 0.3) is 5.91 Å². The quantitative estimate of drug-likeness (QED) is 0.609. The number of amides is 1. The van der Waals surface area contributed by atoms with Crippen molar-refractivity contribution in [2.45, 2.75) is 13.0 Å². The molecule has 0 fully saturated rings. The molecule has 4 aromatic rings. The number of hydrogen-bond acceptors (Lipinski definition) is 3. The largest absolute Gasteiger partial charge is 0.351 e. The van der Waals surface area contributed by atoms with Crippen LogP contribution in [0.5, 0.6) is 0 Å². The number of H-pyrrole nitrogens is 1. The molecule has 120 valence electrons. The molecule has 0 spiro atoms. The smallest absolute Gasteiger partial charge is 0.268 e. The highest BCUT2D eigenvalue weighted by Gasteiger charge is 2.18. The minimum Gasteiger partial charge on any atom is -0.351 e. The maximum absolute atomic E-state index is 13.3. The molecule has 24 heavy (non-hydrogen) atoms. The molecule has 0 radical (unpaired) electrons. The predicted molar refractivity (Wildman–Crippen MR) is 87.1 cm³/mol. The Morgan fingerprint density at radius 2 is 2.12 bits per heavy atom. The highest BCUT2D eigenvalue weighted by atomic mass is 19.1. The highest BCUT2D eigenvalue weighted by Crippen LogP contribution is 2.18.